The summed E-state index contributed by atoms with van der Waals surface area (Å²) in [7, 11) is 1.24. The molecule has 0 radical (unpaired) electrons. The predicted molar refractivity (Wildman–Crippen MR) is 68.1 cm³/mol. The molecule has 0 N–H and O–H groups in total. The molecular weight excluding hydrogens is 250 g/mol. The number of non-ortho nitro benzene ring substituents is 1. The Hall–Kier alpha value is -2.44. The first-order valence-electron chi connectivity index (χ1n) is 5.69. The van der Waals surface area contributed by atoms with E-state index in [9.17, 15) is 14.9 Å². The van der Waals surface area contributed by atoms with Gasteiger partial charge in [0.2, 0.25) is 0 Å². The Morgan fingerprint density at radius 1 is 1.47 bits per heavy atom. The highest BCUT2D eigenvalue weighted by atomic mass is 16.6. The molecule has 1 aromatic carbocycles. The fourth-order valence-electron chi connectivity index (χ4n) is 1.93. The second-order valence-electron chi connectivity index (χ2n) is 4.36. The molecule has 0 aliphatic rings. The Morgan fingerprint density at radius 2 is 2.16 bits per heavy atom. The topological polar surface area (TPSA) is 87.3 Å². The lowest BCUT2D eigenvalue weighted by atomic mass is 10.1. The van der Waals surface area contributed by atoms with E-state index in [1.54, 1.807) is 4.68 Å². The van der Waals surface area contributed by atoms with Crippen LogP contribution in [0.15, 0.2) is 18.3 Å². The molecule has 0 bridgehead atoms. The molecule has 0 unspecified atom stereocenters. The lowest BCUT2D eigenvalue weighted by Gasteiger charge is -2.08. The lowest BCUT2D eigenvalue weighted by Crippen LogP contribution is -2.05. The first kappa shape index (κ1) is 13.0. The number of benzene rings is 1. The minimum absolute atomic E-state index is 0.0324. The highest BCUT2D eigenvalue weighted by Gasteiger charge is 2.20. The quantitative estimate of drug-likeness (QED) is 0.481. The number of aromatic nitrogens is 2. The third kappa shape index (κ3) is 2.14. The SMILES string of the molecule is COC(=O)c1cc([N+](=O)[O-])cc2c1cnn2C(C)C. The third-order valence-corrected chi connectivity index (χ3v) is 2.81. The largest absolute Gasteiger partial charge is 0.465 e. The number of carbonyl (C=O) groups excluding carboxylic acids is 1. The summed E-state index contributed by atoms with van der Waals surface area (Å²) in [5, 5.41) is 15.6. The highest BCUT2D eigenvalue weighted by Crippen LogP contribution is 2.27. The van der Waals surface area contributed by atoms with E-state index in [-0.39, 0.29) is 17.3 Å². The number of nitrogens with zero attached hydrogens (tertiary/aromatic N) is 3. The maximum atomic E-state index is 11.7. The molecule has 7 nitrogen and oxygen atoms in total. The number of hydrogen-bond donors (Lipinski definition) is 0. The zero-order chi connectivity index (χ0) is 14.2. The van der Waals surface area contributed by atoms with Crippen molar-refractivity contribution in [3.63, 3.8) is 0 Å². The summed E-state index contributed by atoms with van der Waals surface area (Å²) in [5.74, 6) is -0.614. The predicted octanol–water partition coefficient (Wildman–Crippen LogP) is 2.31. The van der Waals surface area contributed by atoms with Gasteiger partial charge in [-0.25, -0.2) is 4.79 Å². The van der Waals surface area contributed by atoms with Gasteiger partial charge in [-0.05, 0) is 13.8 Å². The van der Waals surface area contributed by atoms with Crippen molar-refractivity contribution >= 4 is 22.6 Å². The summed E-state index contributed by atoms with van der Waals surface area (Å²) < 4.78 is 6.28. The zero-order valence-electron chi connectivity index (χ0n) is 10.8. The monoisotopic (exact) mass is 263 g/mol. The van der Waals surface area contributed by atoms with Gasteiger partial charge in [-0.3, -0.25) is 14.8 Å². The molecule has 100 valence electrons. The molecule has 0 spiro atoms. The van der Waals surface area contributed by atoms with Gasteiger partial charge in [0.1, 0.15) is 0 Å². The van der Waals surface area contributed by atoms with Crippen LogP contribution in [0.5, 0.6) is 0 Å². The van der Waals surface area contributed by atoms with Crippen LogP contribution in [0.25, 0.3) is 10.9 Å². The molecular formula is C12H13N3O4. The molecule has 0 amide bonds. The average molecular weight is 263 g/mol. The van der Waals surface area contributed by atoms with Crippen LogP contribution in [0.2, 0.25) is 0 Å². The van der Waals surface area contributed by atoms with Gasteiger partial charge in [0.05, 0.1) is 29.3 Å². The number of fused-ring (bicyclic) bond motifs is 1. The van der Waals surface area contributed by atoms with Gasteiger partial charge in [-0.15, -0.1) is 0 Å². The molecule has 2 aromatic rings. The zero-order valence-corrected chi connectivity index (χ0v) is 10.8. The molecule has 0 aliphatic carbocycles. The van der Waals surface area contributed by atoms with Gasteiger partial charge >= 0.3 is 5.97 Å². The number of esters is 1. The number of rotatable bonds is 3. The molecule has 1 aromatic heterocycles. The Kier molecular flexibility index (Phi) is 3.20. The number of ether oxygens (including phenoxy) is 1. The molecule has 0 aliphatic heterocycles. The Labute approximate surface area is 108 Å². The van der Waals surface area contributed by atoms with Crippen LogP contribution >= 0.6 is 0 Å². The molecule has 0 saturated heterocycles. The first-order chi connectivity index (χ1) is 8.95. The van der Waals surface area contributed by atoms with Crippen LogP contribution in [0.3, 0.4) is 0 Å². The molecule has 0 saturated carbocycles. The van der Waals surface area contributed by atoms with E-state index in [0.29, 0.717) is 10.9 Å². The van der Waals surface area contributed by atoms with Gasteiger partial charge in [0, 0.05) is 23.6 Å². The summed E-state index contributed by atoms with van der Waals surface area (Å²) in [6, 6.07) is 2.65. The minimum atomic E-state index is -0.614. The molecule has 2 rings (SSSR count). The number of methoxy groups -OCH3 is 1. The Balaban J connectivity index is 2.80. The molecule has 0 fully saturated rings. The van der Waals surface area contributed by atoms with Crippen molar-refractivity contribution in [1.29, 1.82) is 0 Å². The van der Waals surface area contributed by atoms with E-state index in [4.69, 9.17) is 0 Å². The van der Waals surface area contributed by atoms with Crippen molar-refractivity contribution in [2.45, 2.75) is 19.9 Å². The second-order valence-corrected chi connectivity index (χ2v) is 4.36. The van der Waals surface area contributed by atoms with Crippen LogP contribution in [0.1, 0.15) is 30.2 Å². The standard InChI is InChI=1S/C12H13N3O4/c1-7(2)14-11-5-8(15(17)18)4-9(12(16)19-3)10(11)6-13-14/h4-7H,1-3H3. The summed E-state index contributed by atoms with van der Waals surface area (Å²) in [6.07, 6.45) is 1.52. The Bertz CT molecular complexity index is 660. The van der Waals surface area contributed by atoms with Crippen LogP contribution in [-0.4, -0.2) is 27.8 Å². The van der Waals surface area contributed by atoms with Crippen LogP contribution in [0.4, 0.5) is 5.69 Å². The smallest absolute Gasteiger partial charge is 0.338 e. The van der Waals surface area contributed by atoms with Gasteiger partial charge in [-0.2, -0.15) is 5.10 Å². The first-order valence-corrected chi connectivity index (χ1v) is 5.69. The van der Waals surface area contributed by atoms with Crippen molar-refractivity contribution in [1.82, 2.24) is 9.78 Å². The van der Waals surface area contributed by atoms with Gasteiger partial charge in [-0.1, -0.05) is 0 Å². The van der Waals surface area contributed by atoms with Gasteiger partial charge in [0.25, 0.3) is 5.69 Å². The third-order valence-electron chi connectivity index (χ3n) is 2.81. The summed E-state index contributed by atoms with van der Waals surface area (Å²) in [4.78, 5) is 22.1. The van der Waals surface area contributed by atoms with Gasteiger partial charge in [0.15, 0.2) is 0 Å². The summed E-state index contributed by atoms with van der Waals surface area (Å²) in [6.45, 7) is 3.81. The fraction of sp³-hybridized carbons (Fsp3) is 0.333. The maximum absolute atomic E-state index is 11.7. The van der Waals surface area contributed by atoms with Gasteiger partial charge < -0.3 is 4.74 Å². The minimum Gasteiger partial charge on any atom is -0.465 e. The van der Waals surface area contributed by atoms with Crippen LogP contribution in [-0.2, 0) is 4.74 Å². The second kappa shape index (κ2) is 4.68. The van der Waals surface area contributed by atoms with E-state index in [1.807, 2.05) is 13.8 Å². The van der Waals surface area contributed by atoms with E-state index in [2.05, 4.69) is 9.84 Å². The number of nitro groups is 1. The van der Waals surface area contributed by atoms with E-state index < -0.39 is 10.9 Å². The summed E-state index contributed by atoms with van der Waals surface area (Å²) >= 11 is 0. The van der Waals surface area contributed by atoms with Crippen molar-refractivity contribution in [3.8, 4) is 0 Å². The van der Waals surface area contributed by atoms with Crippen molar-refractivity contribution in [2.24, 2.45) is 0 Å². The van der Waals surface area contributed by atoms with Crippen molar-refractivity contribution in [3.05, 3.63) is 34.0 Å². The highest BCUT2D eigenvalue weighted by molar-refractivity contribution is 6.04. The normalized spacial score (nSPS) is 10.9. The number of nitro benzene ring substituents is 1. The van der Waals surface area contributed by atoms with Crippen molar-refractivity contribution < 1.29 is 14.5 Å². The van der Waals surface area contributed by atoms with Crippen LogP contribution < -0.4 is 0 Å². The molecule has 7 heteroatoms. The molecule has 0 atom stereocenters. The maximum Gasteiger partial charge on any atom is 0.338 e. The Morgan fingerprint density at radius 3 is 2.68 bits per heavy atom. The van der Waals surface area contributed by atoms with E-state index in [1.165, 1.54) is 25.4 Å². The van der Waals surface area contributed by atoms with E-state index in [0.717, 1.165) is 0 Å². The van der Waals surface area contributed by atoms with Crippen LogP contribution in [0, 0.1) is 10.1 Å². The molecule has 1 heterocycles. The fourth-order valence-corrected chi connectivity index (χ4v) is 1.93. The molecule has 19 heavy (non-hydrogen) atoms. The summed E-state index contributed by atoms with van der Waals surface area (Å²) in [5.41, 5.74) is 0.540. The average Bonchev–Trinajstić information content (AvgIpc) is 2.80. The number of carbonyl (C=O) groups is 1. The number of hydrogen-bond acceptors (Lipinski definition) is 5. The van der Waals surface area contributed by atoms with E-state index >= 15 is 0 Å². The van der Waals surface area contributed by atoms with Crippen molar-refractivity contribution in [2.75, 3.05) is 7.11 Å². The lowest BCUT2D eigenvalue weighted by molar-refractivity contribution is -0.384.